The average Bonchev–Trinajstić information content (AvgIpc) is 2.58. The monoisotopic (exact) mass is 322 g/mol. The molecule has 0 radical (unpaired) electrons. The minimum Gasteiger partial charge on any atom is -0.418 e. The highest BCUT2D eigenvalue weighted by Crippen LogP contribution is 2.21. The third-order valence-corrected chi connectivity index (χ3v) is 3.25. The van der Waals surface area contributed by atoms with Crippen molar-refractivity contribution in [2.24, 2.45) is 0 Å². The van der Waals surface area contributed by atoms with Crippen LogP contribution in [0.1, 0.15) is 11.1 Å². The van der Waals surface area contributed by atoms with Crippen molar-refractivity contribution in [3.8, 4) is 11.5 Å². The number of rotatable bonds is 6. The summed E-state index contributed by atoms with van der Waals surface area (Å²) in [5, 5.41) is 0. The molecule has 0 aliphatic rings. The Balaban J connectivity index is 2.10. The Morgan fingerprint density at radius 1 is 0.750 bits per heavy atom. The molecule has 4 heteroatoms. The smallest absolute Gasteiger partial charge is 0.418 e. The fourth-order valence-corrected chi connectivity index (χ4v) is 2.14. The topological polar surface area (TPSA) is 52.6 Å². The molecule has 2 aromatic rings. The molecule has 2 rings (SSSR count). The minimum absolute atomic E-state index is 0.318. The van der Waals surface area contributed by atoms with Crippen LogP contribution in [0.25, 0.3) is 0 Å². The predicted molar refractivity (Wildman–Crippen MR) is 92.0 cm³/mol. The average molecular weight is 322 g/mol. The molecular weight excluding hydrogens is 304 g/mol. The number of ether oxygens (including phenoxy) is 2. The van der Waals surface area contributed by atoms with Gasteiger partial charge in [0.05, 0.1) is 0 Å². The van der Waals surface area contributed by atoms with Crippen LogP contribution in [0.4, 0.5) is 0 Å². The van der Waals surface area contributed by atoms with Gasteiger partial charge in [0, 0.05) is 0 Å². The molecule has 0 fully saturated rings. The van der Waals surface area contributed by atoms with Crippen molar-refractivity contribution in [3.63, 3.8) is 0 Å². The quantitative estimate of drug-likeness (QED) is 0.352. The molecule has 0 aliphatic carbocycles. The van der Waals surface area contributed by atoms with Crippen LogP contribution >= 0.6 is 0 Å². The predicted octanol–water partition coefficient (Wildman–Crippen LogP) is 3.65. The number of benzene rings is 2. The number of para-hydroxylation sites is 2. The number of carbonyl (C=O) groups excluding carboxylic acids is 2. The molecule has 4 nitrogen and oxygen atoms in total. The summed E-state index contributed by atoms with van der Waals surface area (Å²) in [5.74, 6) is -1.50. The van der Waals surface area contributed by atoms with Crippen LogP contribution in [-0.4, -0.2) is 11.9 Å². The maximum atomic E-state index is 12.0. The number of carbonyl (C=O) groups is 2. The lowest BCUT2D eigenvalue weighted by Crippen LogP contribution is -2.26. The molecule has 0 heterocycles. The van der Waals surface area contributed by atoms with E-state index in [1.807, 2.05) is 12.1 Å². The van der Waals surface area contributed by atoms with E-state index < -0.39 is 11.9 Å². The normalized spacial score (nSPS) is 9.83. The van der Waals surface area contributed by atoms with Crippen molar-refractivity contribution in [2.75, 3.05) is 0 Å². The number of allylic oxidation sites excluding steroid dienone is 2. The summed E-state index contributed by atoms with van der Waals surface area (Å²) in [6.45, 7) is 7.31. The molecule has 122 valence electrons. The van der Waals surface area contributed by atoms with Gasteiger partial charge in [-0.3, -0.25) is 0 Å². The van der Waals surface area contributed by atoms with Crippen molar-refractivity contribution in [2.45, 2.75) is 12.8 Å². The second-order valence-corrected chi connectivity index (χ2v) is 4.98. The Morgan fingerprint density at radius 3 is 1.50 bits per heavy atom. The van der Waals surface area contributed by atoms with Crippen molar-refractivity contribution < 1.29 is 19.1 Å². The summed E-state index contributed by atoms with van der Waals surface area (Å²) in [6, 6.07) is 13.9. The van der Waals surface area contributed by atoms with Crippen LogP contribution in [0.3, 0.4) is 0 Å². The minimum atomic E-state index is -1.07. The molecular formula is C20H18O4. The zero-order chi connectivity index (χ0) is 17.4. The van der Waals surface area contributed by atoms with Gasteiger partial charge in [0.25, 0.3) is 0 Å². The Kier molecular flexibility index (Phi) is 6.08. The van der Waals surface area contributed by atoms with E-state index in [1.54, 1.807) is 48.6 Å². The van der Waals surface area contributed by atoms with Gasteiger partial charge in [-0.15, -0.1) is 13.2 Å². The Labute approximate surface area is 141 Å². The van der Waals surface area contributed by atoms with Crippen molar-refractivity contribution >= 4 is 11.9 Å². The van der Waals surface area contributed by atoms with Gasteiger partial charge in [-0.05, 0) is 36.1 Å². The van der Waals surface area contributed by atoms with Gasteiger partial charge >= 0.3 is 11.9 Å². The van der Waals surface area contributed by atoms with E-state index in [0.29, 0.717) is 24.3 Å². The van der Waals surface area contributed by atoms with Gasteiger partial charge in [0.15, 0.2) is 0 Å². The van der Waals surface area contributed by atoms with Crippen molar-refractivity contribution in [1.82, 2.24) is 0 Å². The van der Waals surface area contributed by atoms with E-state index in [4.69, 9.17) is 9.47 Å². The highest BCUT2D eigenvalue weighted by atomic mass is 16.6. The fourth-order valence-electron chi connectivity index (χ4n) is 2.14. The van der Waals surface area contributed by atoms with Gasteiger partial charge in [-0.2, -0.15) is 0 Å². The van der Waals surface area contributed by atoms with E-state index in [0.717, 1.165) is 11.1 Å². The van der Waals surface area contributed by atoms with Crippen LogP contribution in [0, 0.1) is 0 Å². The Morgan fingerprint density at radius 2 is 1.12 bits per heavy atom. The van der Waals surface area contributed by atoms with Crippen LogP contribution in [-0.2, 0) is 22.4 Å². The first-order valence-electron chi connectivity index (χ1n) is 7.47. The van der Waals surface area contributed by atoms with Crippen LogP contribution in [0.15, 0.2) is 73.8 Å². The molecule has 0 aromatic heterocycles. The molecule has 0 bridgehead atoms. The summed E-state index contributed by atoms with van der Waals surface area (Å²) in [4.78, 5) is 24.0. The number of hydrogen-bond donors (Lipinski definition) is 0. The lowest BCUT2D eigenvalue weighted by Gasteiger charge is -2.10. The summed E-state index contributed by atoms with van der Waals surface area (Å²) < 4.78 is 10.3. The lowest BCUT2D eigenvalue weighted by atomic mass is 10.1. The molecule has 0 saturated carbocycles. The second kappa shape index (κ2) is 8.48. The highest BCUT2D eigenvalue weighted by Gasteiger charge is 2.21. The first-order valence-corrected chi connectivity index (χ1v) is 7.47. The maximum absolute atomic E-state index is 12.0. The molecule has 0 saturated heterocycles. The third-order valence-electron chi connectivity index (χ3n) is 3.25. The third kappa shape index (κ3) is 4.43. The fraction of sp³-hybridized carbons (Fsp3) is 0.100. The van der Waals surface area contributed by atoms with Gasteiger partial charge in [-0.1, -0.05) is 48.6 Å². The van der Waals surface area contributed by atoms with E-state index in [9.17, 15) is 9.59 Å². The summed E-state index contributed by atoms with van der Waals surface area (Å²) in [7, 11) is 0. The first kappa shape index (κ1) is 17.2. The Hall–Kier alpha value is -3.14. The van der Waals surface area contributed by atoms with Gasteiger partial charge in [0.2, 0.25) is 0 Å². The van der Waals surface area contributed by atoms with Crippen LogP contribution in [0.2, 0.25) is 0 Å². The van der Waals surface area contributed by atoms with Crippen LogP contribution in [0.5, 0.6) is 11.5 Å². The molecule has 2 aromatic carbocycles. The highest BCUT2D eigenvalue weighted by molar-refractivity contribution is 6.31. The van der Waals surface area contributed by atoms with Crippen LogP contribution < -0.4 is 9.47 Å². The zero-order valence-corrected chi connectivity index (χ0v) is 13.2. The molecule has 0 unspecified atom stereocenters. The molecule has 0 N–H and O–H groups in total. The maximum Gasteiger partial charge on any atom is 0.423 e. The van der Waals surface area contributed by atoms with Gasteiger partial charge in [-0.25, -0.2) is 9.59 Å². The largest absolute Gasteiger partial charge is 0.423 e. The van der Waals surface area contributed by atoms with E-state index >= 15 is 0 Å². The van der Waals surface area contributed by atoms with E-state index in [2.05, 4.69) is 13.2 Å². The molecule has 0 amide bonds. The molecule has 0 spiro atoms. The molecule has 0 aliphatic heterocycles. The SMILES string of the molecule is C=CCc1ccccc1OC(=O)C(=O)Oc1ccccc1CC=C. The lowest BCUT2D eigenvalue weighted by molar-refractivity contribution is -0.156. The summed E-state index contributed by atoms with van der Waals surface area (Å²) in [5.41, 5.74) is 1.53. The number of esters is 2. The van der Waals surface area contributed by atoms with E-state index in [-0.39, 0.29) is 0 Å². The zero-order valence-electron chi connectivity index (χ0n) is 13.2. The van der Waals surface area contributed by atoms with Crippen molar-refractivity contribution in [1.29, 1.82) is 0 Å². The molecule has 0 atom stereocenters. The standard InChI is InChI=1S/C20H18O4/c1-3-9-15-11-5-7-13-17(15)23-19(21)20(22)24-18-14-8-6-12-16(18)10-4-2/h3-8,11-14H,1-2,9-10H2. The number of hydrogen-bond acceptors (Lipinski definition) is 4. The first-order chi connectivity index (χ1) is 11.7. The summed E-state index contributed by atoms with van der Waals surface area (Å²) >= 11 is 0. The second-order valence-electron chi connectivity index (χ2n) is 4.98. The van der Waals surface area contributed by atoms with Crippen molar-refractivity contribution in [3.05, 3.63) is 85.0 Å². The van der Waals surface area contributed by atoms with Gasteiger partial charge in [0.1, 0.15) is 11.5 Å². The summed E-state index contributed by atoms with van der Waals surface area (Å²) in [6.07, 6.45) is 4.44. The molecule has 24 heavy (non-hydrogen) atoms. The van der Waals surface area contributed by atoms with E-state index in [1.165, 1.54) is 0 Å². The Bertz CT molecular complexity index is 696. The van der Waals surface area contributed by atoms with Gasteiger partial charge < -0.3 is 9.47 Å².